The van der Waals surface area contributed by atoms with Gasteiger partial charge >= 0.3 is 0 Å². The van der Waals surface area contributed by atoms with Crippen molar-refractivity contribution in [1.82, 2.24) is 0 Å². The summed E-state index contributed by atoms with van der Waals surface area (Å²) in [5.74, 6) is 0.340. The minimum atomic E-state index is -0.445. The predicted molar refractivity (Wildman–Crippen MR) is 67.3 cm³/mol. The number of nitrogens with two attached hydrogens (primary N) is 1. The number of ether oxygens (including phenoxy) is 1. The van der Waals surface area contributed by atoms with Crippen LogP contribution in [-0.4, -0.2) is 7.11 Å². The van der Waals surface area contributed by atoms with Crippen LogP contribution in [0.25, 0.3) is 0 Å². The summed E-state index contributed by atoms with van der Waals surface area (Å²) >= 11 is 5.67. The van der Waals surface area contributed by atoms with Crippen LogP contribution in [0.1, 0.15) is 17.4 Å². The first-order valence-corrected chi connectivity index (χ1v) is 5.82. The Morgan fingerprint density at radius 2 is 2.17 bits per heavy atom. The zero-order chi connectivity index (χ0) is 13.1. The van der Waals surface area contributed by atoms with Crippen LogP contribution < -0.4 is 10.5 Å². The van der Waals surface area contributed by atoms with Gasteiger partial charge in [0.1, 0.15) is 5.76 Å². The lowest BCUT2D eigenvalue weighted by molar-refractivity contribution is 0.382. The van der Waals surface area contributed by atoms with Gasteiger partial charge in [0.15, 0.2) is 16.8 Å². The molecule has 0 aliphatic rings. The van der Waals surface area contributed by atoms with E-state index in [9.17, 15) is 4.39 Å². The van der Waals surface area contributed by atoms with Gasteiger partial charge in [0, 0.05) is 0 Å². The SMILES string of the molecule is COc1cccc(CC(N)c2ccc(Cl)o2)c1F. The molecule has 0 radical (unpaired) electrons. The normalized spacial score (nSPS) is 12.4. The van der Waals surface area contributed by atoms with Crippen molar-refractivity contribution in [2.24, 2.45) is 5.73 Å². The maximum Gasteiger partial charge on any atom is 0.193 e. The molecule has 1 unspecified atom stereocenters. The van der Waals surface area contributed by atoms with Crippen LogP contribution in [0.2, 0.25) is 5.22 Å². The lowest BCUT2D eigenvalue weighted by atomic mass is 10.0. The van der Waals surface area contributed by atoms with Crippen molar-refractivity contribution in [2.45, 2.75) is 12.5 Å². The van der Waals surface area contributed by atoms with Crippen molar-refractivity contribution in [1.29, 1.82) is 0 Å². The van der Waals surface area contributed by atoms with Gasteiger partial charge in [-0.3, -0.25) is 0 Å². The summed E-state index contributed by atoms with van der Waals surface area (Å²) in [5, 5.41) is 0.270. The second kappa shape index (κ2) is 5.42. The third kappa shape index (κ3) is 2.66. The molecular weight excluding hydrogens is 257 g/mol. The molecule has 2 rings (SSSR count). The Bertz CT molecular complexity index is 542. The summed E-state index contributed by atoms with van der Waals surface area (Å²) in [6, 6.07) is 7.80. The van der Waals surface area contributed by atoms with E-state index in [1.54, 1.807) is 30.3 Å². The molecule has 5 heteroatoms. The van der Waals surface area contributed by atoms with Crippen molar-refractivity contribution < 1.29 is 13.5 Å². The standard InChI is InChI=1S/C13H13ClFNO2/c1-17-11-4-2-3-8(13(11)15)7-9(16)10-5-6-12(14)18-10/h2-6,9H,7,16H2,1H3. The molecule has 0 aliphatic carbocycles. The van der Waals surface area contributed by atoms with E-state index in [1.807, 2.05) is 0 Å². The van der Waals surface area contributed by atoms with Gasteiger partial charge in [0.05, 0.1) is 13.2 Å². The maximum absolute atomic E-state index is 13.9. The van der Waals surface area contributed by atoms with Crippen LogP contribution in [0.4, 0.5) is 4.39 Å². The molecule has 1 heterocycles. The lowest BCUT2D eigenvalue weighted by Crippen LogP contribution is -2.13. The van der Waals surface area contributed by atoms with E-state index in [2.05, 4.69) is 0 Å². The van der Waals surface area contributed by atoms with E-state index >= 15 is 0 Å². The van der Waals surface area contributed by atoms with Gasteiger partial charge in [-0.05, 0) is 41.8 Å². The van der Waals surface area contributed by atoms with Crippen LogP contribution >= 0.6 is 11.6 Å². The molecule has 96 valence electrons. The summed E-state index contributed by atoms with van der Waals surface area (Å²) in [7, 11) is 1.43. The molecule has 0 spiro atoms. The van der Waals surface area contributed by atoms with Crippen molar-refractivity contribution >= 4 is 11.6 Å². The molecule has 0 saturated carbocycles. The quantitative estimate of drug-likeness (QED) is 0.926. The summed E-state index contributed by atoms with van der Waals surface area (Å²) in [6.45, 7) is 0. The van der Waals surface area contributed by atoms with E-state index in [0.29, 0.717) is 17.7 Å². The van der Waals surface area contributed by atoms with Crippen LogP contribution in [-0.2, 0) is 6.42 Å². The largest absolute Gasteiger partial charge is 0.494 e. The number of hydrogen-bond donors (Lipinski definition) is 1. The minimum Gasteiger partial charge on any atom is -0.494 e. The first kappa shape index (κ1) is 12.9. The number of hydrogen-bond acceptors (Lipinski definition) is 3. The van der Waals surface area contributed by atoms with Crippen molar-refractivity contribution in [3.05, 3.63) is 52.7 Å². The first-order chi connectivity index (χ1) is 8.61. The highest BCUT2D eigenvalue weighted by molar-refractivity contribution is 6.28. The Morgan fingerprint density at radius 3 is 2.78 bits per heavy atom. The monoisotopic (exact) mass is 269 g/mol. The van der Waals surface area contributed by atoms with E-state index in [1.165, 1.54) is 7.11 Å². The van der Waals surface area contributed by atoms with Gasteiger partial charge in [-0.25, -0.2) is 4.39 Å². The molecular formula is C13H13ClFNO2. The number of methoxy groups -OCH3 is 1. The molecule has 1 atom stereocenters. The number of furan rings is 1. The van der Waals surface area contributed by atoms with E-state index < -0.39 is 11.9 Å². The smallest absolute Gasteiger partial charge is 0.193 e. The molecule has 0 saturated heterocycles. The predicted octanol–water partition coefficient (Wildman–Crippen LogP) is 3.32. The number of halogens is 2. The van der Waals surface area contributed by atoms with Gasteiger partial charge < -0.3 is 14.9 Å². The average molecular weight is 270 g/mol. The fourth-order valence-corrected chi connectivity index (χ4v) is 1.89. The highest BCUT2D eigenvalue weighted by Crippen LogP contribution is 2.25. The fraction of sp³-hybridized carbons (Fsp3) is 0.231. The Hall–Kier alpha value is -1.52. The van der Waals surface area contributed by atoms with Crippen molar-refractivity contribution in [2.75, 3.05) is 7.11 Å². The minimum absolute atomic E-state index is 0.206. The summed E-state index contributed by atoms with van der Waals surface area (Å²) in [5.41, 5.74) is 6.42. The Balaban J connectivity index is 2.19. The molecule has 3 nitrogen and oxygen atoms in total. The third-order valence-electron chi connectivity index (χ3n) is 2.66. The van der Waals surface area contributed by atoms with Crippen molar-refractivity contribution in [3.8, 4) is 5.75 Å². The maximum atomic E-state index is 13.9. The third-order valence-corrected chi connectivity index (χ3v) is 2.87. The van der Waals surface area contributed by atoms with Crippen LogP contribution in [0.3, 0.4) is 0 Å². The lowest BCUT2D eigenvalue weighted by Gasteiger charge is -2.11. The Morgan fingerprint density at radius 1 is 1.39 bits per heavy atom. The molecule has 1 aromatic heterocycles. The zero-order valence-electron chi connectivity index (χ0n) is 9.82. The zero-order valence-corrected chi connectivity index (χ0v) is 10.6. The number of rotatable bonds is 4. The summed E-state index contributed by atoms with van der Waals surface area (Å²) in [6.07, 6.45) is 0.312. The molecule has 0 fully saturated rings. The molecule has 1 aromatic carbocycles. The second-order valence-corrected chi connectivity index (χ2v) is 4.26. The Labute approximate surface area is 109 Å². The summed E-state index contributed by atoms with van der Waals surface area (Å²) < 4.78 is 24.0. The van der Waals surface area contributed by atoms with Crippen LogP contribution in [0, 0.1) is 5.82 Å². The molecule has 0 amide bonds. The Kier molecular flexibility index (Phi) is 3.89. The van der Waals surface area contributed by atoms with Gasteiger partial charge in [-0.2, -0.15) is 0 Å². The van der Waals surface area contributed by atoms with Crippen LogP contribution in [0.15, 0.2) is 34.7 Å². The van der Waals surface area contributed by atoms with Gasteiger partial charge in [-0.1, -0.05) is 12.1 Å². The van der Waals surface area contributed by atoms with E-state index in [4.69, 9.17) is 26.5 Å². The molecule has 0 bridgehead atoms. The highest BCUT2D eigenvalue weighted by atomic mass is 35.5. The van der Waals surface area contributed by atoms with Crippen LogP contribution in [0.5, 0.6) is 5.75 Å². The molecule has 0 aliphatic heterocycles. The topological polar surface area (TPSA) is 48.4 Å². The molecule has 2 N–H and O–H groups in total. The highest BCUT2D eigenvalue weighted by Gasteiger charge is 2.15. The summed E-state index contributed by atoms with van der Waals surface area (Å²) in [4.78, 5) is 0. The number of benzene rings is 1. The van der Waals surface area contributed by atoms with Gasteiger partial charge in [0.25, 0.3) is 0 Å². The molecule has 18 heavy (non-hydrogen) atoms. The fourth-order valence-electron chi connectivity index (χ4n) is 1.74. The van der Waals surface area contributed by atoms with E-state index in [0.717, 1.165) is 0 Å². The average Bonchev–Trinajstić information content (AvgIpc) is 2.78. The molecule has 2 aromatic rings. The first-order valence-electron chi connectivity index (χ1n) is 5.44. The van der Waals surface area contributed by atoms with Gasteiger partial charge in [-0.15, -0.1) is 0 Å². The second-order valence-electron chi connectivity index (χ2n) is 3.89. The van der Waals surface area contributed by atoms with E-state index in [-0.39, 0.29) is 11.0 Å². The van der Waals surface area contributed by atoms with Gasteiger partial charge in [0.2, 0.25) is 0 Å². The van der Waals surface area contributed by atoms with Crippen molar-refractivity contribution in [3.63, 3.8) is 0 Å².